The first-order chi connectivity index (χ1) is 16.2. The van der Waals surface area contributed by atoms with Crippen molar-refractivity contribution in [3.63, 3.8) is 0 Å². The molecule has 0 unspecified atom stereocenters. The Labute approximate surface area is 251 Å². The van der Waals surface area contributed by atoms with E-state index in [9.17, 15) is 0 Å². The summed E-state index contributed by atoms with van der Waals surface area (Å²) < 4.78 is 36.5. The normalized spacial score (nSPS) is 14.7. The van der Waals surface area contributed by atoms with Crippen molar-refractivity contribution in [2.75, 3.05) is 0 Å². The third-order valence-corrected chi connectivity index (χ3v) is 31.7. The van der Waals surface area contributed by atoms with Crippen molar-refractivity contribution in [3.05, 3.63) is 0 Å². The van der Waals surface area contributed by atoms with Gasteiger partial charge in [0.15, 0.2) is 41.6 Å². The van der Waals surface area contributed by atoms with E-state index in [-0.39, 0.29) is 9.76 Å². The molecule has 15 heteroatoms. The van der Waals surface area contributed by atoms with Crippen LogP contribution < -0.4 is 0 Å². The van der Waals surface area contributed by atoms with Crippen LogP contribution in [-0.4, -0.2) is 77.0 Å². The van der Waals surface area contributed by atoms with E-state index in [1.807, 2.05) is 0 Å². The summed E-state index contributed by atoms with van der Waals surface area (Å²) in [5.41, 5.74) is 0. The molecule has 0 saturated carbocycles. The second kappa shape index (κ2) is 16.5. The maximum Gasteiger partial charge on any atom is 0.312 e. The van der Waals surface area contributed by atoms with Crippen LogP contribution in [0.1, 0.15) is 6.92 Å². The molecule has 0 aliphatic rings. The zero-order valence-corrected chi connectivity index (χ0v) is 39.3. The Bertz CT molecular complexity index is 604. The van der Waals surface area contributed by atoms with Crippen LogP contribution in [0.5, 0.6) is 0 Å². The molecule has 0 radical (unpaired) electrons. The van der Waals surface area contributed by atoms with Gasteiger partial charge in [-0.25, -0.2) is 0 Å². The van der Waals surface area contributed by atoms with Crippen molar-refractivity contribution in [2.45, 2.75) is 150 Å². The lowest BCUT2D eigenvalue weighted by Crippen LogP contribution is -2.55. The van der Waals surface area contributed by atoms with Crippen molar-refractivity contribution in [1.82, 2.24) is 0 Å². The van der Waals surface area contributed by atoms with Crippen molar-refractivity contribution in [2.24, 2.45) is 0 Å². The molecule has 38 heavy (non-hydrogen) atoms. The molecule has 0 amide bonds. The van der Waals surface area contributed by atoms with Crippen LogP contribution in [0, 0.1) is 0 Å². The fourth-order valence-electron chi connectivity index (χ4n) is 4.10. The number of hydrogen-bond donors (Lipinski definition) is 0. The molecule has 0 spiro atoms. The van der Waals surface area contributed by atoms with Gasteiger partial charge in [0.1, 0.15) is 9.76 Å². The van der Waals surface area contributed by atoms with Gasteiger partial charge in [-0.15, -0.1) is 0 Å². The first-order valence-electron chi connectivity index (χ1n) is 14.3. The summed E-state index contributed by atoms with van der Waals surface area (Å²) in [6, 6.07) is 1.26. The number of rotatable bonds is 13. The molecule has 0 aliphatic heterocycles. The van der Waals surface area contributed by atoms with Gasteiger partial charge in [-0.05, 0) is 137 Å². The van der Waals surface area contributed by atoms with E-state index in [0.717, 1.165) is 0 Å². The lowest BCUT2D eigenvalue weighted by molar-refractivity contribution is 0.331. The predicted molar refractivity (Wildman–Crippen MR) is 195 cm³/mol. The van der Waals surface area contributed by atoms with Crippen LogP contribution in [0.15, 0.2) is 0 Å². The molecule has 0 rings (SSSR count). The standard InChI is InChI=1S/C10H30O3Si4.C8H24O2Si3.C5H16OSi2/c1-14(2,3)11-16(7,8)13-17(9,10)12-15(4,5)6;1-11(2,3)9-13(7,8)10-12(4,5)6;1-5-8(3,4)6-7-2/h1-10H3;1-8H3;5,7H2,1-4H3. The fraction of sp³-hybridized carbons (Fsp3) is 1.00. The highest BCUT2D eigenvalue weighted by atomic mass is 28.5. The first kappa shape index (κ1) is 44.2. The molecule has 0 atom stereocenters. The van der Waals surface area contributed by atoms with Crippen LogP contribution in [-0.2, 0) is 24.7 Å². The summed E-state index contributed by atoms with van der Waals surface area (Å²) in [6.45, 7) is 48.4. The molecular weight excluding hydrogens is 625 g/mol. The molecule has 0 fully saturated rings. The monoisotopic (exact) mass is 694 g/mol. The van der Waals surface area contributed by atoms with Crippen molar-refractivity contribution >= 4 is 77.0 Å². The minimum atomic E-state index is -2.05. The van der Waals surface area contributed by atoms with E-state index in [1.54, 1.807) is 0 Å². The molecule has 6 nitrogen and oxygen atoms in total. The topological polar surface area (TPSA) is 55.4 Å². The van der Waals surface area contributed by atoms with Gasteiger partial charge in [0, 0.05) is 0 Å². The third-order valence-electron chi connectivity index (χ3n) is 4.09. The zero-order valence-electron chi connectivity index (χ0n) is 29.9. The molecule has 0 saturated heterocycles. The lowest BCUT2D eigenvalue weighted by Gasteiger charge is -2.39. The second-order valence-corrected chi connectivity index (χ2v) is 51.0. The van der Waals surface area contributed by atoms with Gasteiger partial charge < -0.3 is 24.7 Å². The average Bonchev–Trinajstić information content (AvgIpc) is 2.44. The van der Waals surface area contributed by atoms with Gasteiger partial charge in [-0.1, -0.05) is 13.5 Å². The Morgan fingerprint density at radius 2 is 0.605 bits per heavy atom. The smallest absolute Gasteiger partial charge is 0.312 e. The highest BCUT2D eigenvalue weighted by molar-refractivity contribution is 6.89. The highest BCUT2D eigenvalue weighted by Gasteiger charge is 2.41. The van der Waals surface area contributed by atoms with Crippen molar-refractivity contribution in [1.29, 1.82) is 0 Å². The summed E-state index contributed by atoms with van der Waals surface area (Å²) in [5.74, 6) is 0. The Balaban J connectivity index is -0.000000516. The van der Waals surface area contributed by atoms with Crippen LogP contribution in [0.3, 0.4) is 0 Å². The molecule has 0 bridgehead atoms. The quantitative estimate of drug-likeness (QED) is 0.180. The van der Waals surface area contributed by atoms with E-state index < -0.39 is 67.3 Å². The van der Waals surface area contributed by atoms with E-state index in [2.05, 4.69) is 144 Å². The van der Waals surface area contributed by atoms with Crippen molar-refractivity contribution in [3.8, 4) is 0 Å². The maximum atomic E-state index is 6.28. The predicted octanol–water partition coefficient (Wildman–Crippen LogP) is 8.86. The van der Waals surface area contributed by atoms with E-state index in [1.165, 1.54) is 6.04 Å². The van der Waals surface area contributed by atoms with Crippen molar-refractivity contribution < 1.29 is 24.7 Å². The third kappa shape index (κ3) is 33.9. The van der Waals surface area contributed by atoms with Gasteiger partial charge >= 0.3 is 25.7 Å². The van der Waals surface area contributed by atoms with Gasteiger partial charge in [-0.3, -0.25) is 0 Å². The summed E-state index contributed by atoms with van der Waals surface area (Å²) in [7, 11) is -13.2. The SMILES string of the molecule is CC[Si](C)(C)O[SiH2]C.C[Si](C)(C)O[Si](C)(C)O[Si](C)(C)C.C[Si](C)(C)O[Si](C)(C)O[Si](C)(C)O[Si](C)(C)C. The van der Waals surface area contributed by atoms with Gasteiger partial charge in [0.2, 0.25) is 0 Å². The van der Waals surface area contributed by atoms with Gasteiger partial charge in [-0.2, -0.15) is 0 Å². The molecule has 0 aromatic rings. The summed E-state index contributed by atoms with van der Waals surface area (Å²) >= 11 is 0. The van der Waals surface area contributed by atoms with E-state index in [4.69, 9.17) is 24.7 Å². The largest absolute Gasteiger partial charge is 0.461 e. The Hall–Kier alpha value is 1.71. The maximum absolute atomic E-state index is 6.28. The van der Waals surface area contributed by atoms with E-state index >= 15 is 0 Å². The molecule has 0 aromatic heterocycles. The summed E-state index contributed by atoms with van der Waals surface area (Å²) in [5, 5.41) is 0. The van der Waals surface area contributed by atoms with Gasteiger partial charge in [0.05, 0.1) is 0 Å². The average molecular weight is 696 g/mol. The lowest BCUT2D eigenvalue weighted by atomic mass is 11.0. The van der Waals surface area contributed by atoms with Crippen LogP contribution in [0.4, 0.5) is 0 Å². The van der Waals surface area contributed by atoms with Crippen LogP contribution in [0.25, 0.3) is 0 Å². The zero-order chi connectivity index (χ0) is 31.7. The van der Waals surface area contributed by atoms with Crippen LogP contribution >= 0.6 is 0 Å². The molecule has 0 aromatic carbocycles. The molecule has 0 aliphatic carbocycles. The molecule has 234 valence electrons. The summed E-state index contributed by atoms with van der Waals surface area (Å²) in [6.07, 6.45) is 0. The van der Waals surface area contributed by atoms with E-state index in [0.29, 0.717) is 0 Å². The molecule has 0 N–H and O–H groups in total. The van der Waals surface area contributed by atoms with Crippen LogP contribution in [0.2, 0.25) is 144 Å². The molecular formula is C23H70O6Si9. The fourth-order valence-corrected chi connectivity index (χ4v) is 38.0. The number of hydrogen-bond acceptors (Lipinski definition) is 6. The first-order valence-corrected chi connectivity index (χ1v) is 41.5. The summed E-state index contributed by atoms with van der Waals surface area (Å²) in [4.78, 5) is 0. The van der Waals surface area contributed by atoms with Gasteiger partial charge in [0.25, 0.3) is 0 Å². The Morgan fingerprint density at radius 3 is 0.737 bits per heavy atom. The Morgan fingerprint density at radius 1 is 0.395 bits per heavy atom. The highest BCUT2D eigenvalue weighted by Crippen LogP contribution is 2.23. The second-order valence-electron chi connectivity index (χ2n) is 15.7. The minimum Gasteiger partial charge on any atom is -0.461 e. The Kier molecular flexibility index (Phi) is 19.2. The minimum absolute atomic E-state index is 0.139. The molecule has 0 heterocycles.